The predicted octanol–water partition coefficient (Wildman–Crippen LogP) is 9.82. The van der Waals surface area contributed by atoms with Crippen molar-refractivity contribution in [3.63, 3.8) is 0 Å². The number of aromatic nitrogens is 1. The van der Waals surface area contributed by atoms with E-state index in [0.29, 0.717) is 57.6 Å². The fraction of sp³-hybridized carbons (Fsp3) is 0.415. The van der Waals surface area contributed by atoms with Gasteiger partial charge in [-0.2, -0.15) is 0 Å². The topological polar surface area (TPSA) is 138 Å². The minimum atomic E-state index is -0.883. The van der Waals surface area contributed by atoms with Gasteiger partial charge >= 0.3 is 28.4 Å². The Labute approximate surface area is 383 Å². The molecule has 63 heavy (non-hydrogen) atoms. The van der Waals surface area contributed by atoms with Crippen LogP contribution in [0.15, 0.2) is 127 Å². The number of rotatable bonds is 20. The average Bonchev–Trinajstić information content (AvgIpc) is 4.00. The molecule has 0 radical (unpaired) electrons. The number of carboxylic acids is 1. The molecule has 334 valence electrons. The third-order valence-corrected chi connectivity index (χ3v) is 12.2. The first kappa shape index (κ1) is 48.7. The van der Waals surface area contributed by atoms with E-state index in [1.54, 1.807) is 0 Å². The van der Waals surface area contributed by atoms with Crippen LogP contribution in [0.5, 0.6) is 0 Å². The van der Waals surface area contributed by atoms with Crippen molar-refractivity contribution in [2.75, 3.05) is 0 Å². The number of carbonyl (C=O) groups excluding carboxylic acids is 1. The van der Waals surface area contributed by atoms with Gasteiger partial charge in [-0.3, -0.25) is 14.6 Å². The zero-order valence-corrected chi connectivity index (χ0v) is 38.7. The summed E-state index contributed by atoms with van der Waals surface area (Å²) in [6.45, 7) is 12.1. The molecule has 9 nitrogen and oxygen atoms in total. The maximum atomic E-state index is 13.6. The summed E-state index contributed by atoms with van der Waals surface area (Å²) in [5.41, 5.74) is 9.08. The van der Waals surface area contributed by atoms with E-state index in [1.807, 2.05) is 52.0 Å². The third-order valence-electron chi connectivity index (χ3n) is 12.2. The quantitative estimate of drug-likeness (QED) is 0.0599. The molecule has 0 saturated carbocycles. The number of hydrogen-bond donors (Lipinski definition) is 1. The van der Waals surface area contributed by atoms with Crippen LogP contribution < -0.4 is 20.7 Å². The number of aliphatic carboxylic acids is 1. The van der Waals surface area contributed by atoms with Gasteiger partial charge in [0.05, 0.1) is 17.1 Å². The fourth-order valence-electron chi connectivity index (χ4n) is 8.59. The number of esters is 1. The smallest absolute Gasteiger partial charge is 0.875 e. The first-order valence-electron chi connectivity index (χ1n) is 22.6. The number of aliphatic imine (C=N–C) groups is 3. The molecule has 5 heterocycles. The number of carbonyl (C=O) groups is 2. The van der Waals surface area contributed by atoms with Gasteiger partial charge in [0.25, 0.3) is 0 Å². The van der Waals surface area contributed by atoms with Crippen LogP contribution in [-0.2, 0) is 30.8 Å². The normalized spacial score (nSPS) is 19.6. The number of ether oxygens (including phenoxy) is 1. The second-order valence-electron chi connectivity index (χ2n) is 16.6. The Morgan fingerprint density at radius 1 is 0.810 bits per heavy atom. The van der Waals surface area contributed by atoms with Gasteiger partial charge in [-0.15, -0.1) is 16.8 Å². The molecule has 2 atom stereocenters. The van der Waals surface area contributed by atoms with E-state index in [0.717, 1.165) is 84.3 Å². The minimum absolute atomic E-state index is 0. The Hall–Kier alpha value is -5.34. The van der Waals surface area contributed by atoms with Crippen molar-refractivity contribution in [3.05, 3.63) is 134 Å². The van der Waals surface area contributed by atoms with Crippen LogP contribution in [0, 0.1) is 18.8 Å². The van der Waals surface area contributed by atoms with E-state index in [4.69, 9.17) is 24.7 Å². The molecular formula is C53H62N4NiO5. The number of hydrogen-bond acceptors (Lipinski definition) is 7. The molecule has 0 spiro atoms. The predicted molar refractivity (Wildman–Crippen MR) is 250 cm³/mol. The van der Waals surface area contributed by atoms with Crippen LogP contribution in [0.4, 0.5) is 0 Å². The maximum absolute atomic E-state index is 13.6. The summed E-state index contributed by atoms with van der Waals surface area (Å²) < 4.78 is 6.13. The van der Waals surface area contributed by atoms with Crippen LogP contribution in [0.3, 0.4) is 0 Å². The van der Waals surface area contributed by atoms with Gasteiger partial charge in [0.2, 0.25) is 0 Å². The van der Waals surface area contributed by atoms with E-state index >= 15 is 0 Å². The molecule has 1 N–H and O–H groups in total. The van der Waals surface area contributed by atoms with Gasteiger partial charge in [-0.25, -0.2) is 9.98 Å². The number of fused-ring (bicyclic) bond motifs is 5. The molecule has 1 aromatic heterocycles. The van der Waals surface area contributed by atoms with Gasteiger partial charge in [0.15, 0.2) is 5.76 Å². The summed E-state index contributed by atoms with van der Waals surface area (Å²) in [5, 5.41) is 24.5. The van der Waals surface area contributed by atoms with E-state index < -0.39 is 5.97 Å². The van der Waals surface area contributed by atoms with E-state index in [2.05, 4.69) is 68.5 Å². The monoisotopic (exact) mass is 892 g/mol. The first-order chi connectivity index (χ1) is 30.0. The molecule has 1 aliphatic carbocycles. The molecule has 8 bridgehead atoms. The molecule has 4 aliphatic heterocycles. The average molecular weight is 894 g/mol. The third kappa shape index (κ3) is 12.0. The van der Waals surface area contributed by atoms with Crippen LogP contribution >= 0.6 is 0 Å². The van der Waals surface area contributed by atoms with Crippen LogP contribution in [0.25, 0.3) is 17.4 Å². The van der Waals surface area contributed by atoms with Crippen molar-refractivity contribution in [3.8, 4) is 0 Å². The molecular weight excluding hydrogens is 831 g/mol. The Bertz CT molecular complexity index is 2470. The van der Waals surface area contributed by atoms with Gasteiger partial charge < -0.3 is 19.9 Å². The minimum Gasteiger partial charge on any atom is -0.875 e. The molecule has 5 aliphatic rings. The summed E-state index contributed by atoms with van der Waals surface area (Å²) in [4.78, 5) is 45.4. The molecule has 0 amide bonds. The molecule has 10 heteroatoms. The van der Waals surface area contributed by atoms with E-state index in [1.165, 1.54) is 12.8 Å². The SMILES string of the molecule is CC/C=C/C/C=C/C/C=C/CCCC/C=C/C/C=C/CCC(=O)OC1=C(C)C2=NC1=CC1=NC(=Cc3[n-]c4c(c3C)=C([O-])CC=4C3=NC(=C2)[C@@H](C)[C@@H]3CCC(=O)O)C(CC)=C1C.[Ni+2]. The summed E-state index contributed by atoms with van der Waals surface area (Å²) >= 11 is 0. The number of carboxylic acid groups (broad SMARTS) is 1. The molecule has 0 unspecified atom stereocenters. The van der Waals surface area contributed by atoms with Crippen molar-refractivity contribution in [2.45, 2.75) is 131 Å². The Balaban J connectivity index is 0.00000748. The molecule has 0 aromatic carbocycles. The van der Waals surface area contributed by atoms with Crippen molar-refractivity contribution in [1.82, 2.24) is 4.98 Å². The van der Waals surface area contributed by atoms with Gasteiger partial charge in [-0.1, -0.05) is 93.2 Å². The van der Waals surface area contributed by atoms with Gasteiger partial charge in [0.1, 0.15) is 5.70 Å². The summed E-state index contributed by atoms with van der Waals surface area (Å²) in [7, 11) is 0. The molecule has 0 saturated heterocycles. The van der Waals surface area contributed by atoms with E-state index in [9.17, 15) is 19.8 Å². The molecule has 6 rings (SSSR count). The Morgan fingerprint density at radius 2 is 1.43 bits per heavy atom. The van der Waals surface area contributed by atoms with Crippen LogP contribution in [0.1, 0.15) is 136 Å². The largest absolute Gasteiger partial charge is 2.00 e. The van der Waals surface area contributed by atoms with Crippen LogP contribution in [0.2, 0.25) is 0 Å². The number of nitrogens with zero attached hydrogens (tertiary/aromatic N) is 4. The summed E-state index contributed by atoms with van der Waals surface area (Å²) in [5.74, 6) is -1.22. The number of allylic oxidation sites excluding steroid dienone is 16. The standard InChI is InChI=1S/C53H64N4O5.Ni/c1-7-9-10-11-12-13-14-15-16-17-18-19-20-21-22-23-24-25-26-27-49(61)62-53-37(6)44-31-42-35(4)39(28-29-48(59)60)51(56-42)40-30-47(58)50-36(5)43(57-52(40)50)32-45-38(8-2)34(3)41(54-45)33-46(53)55-44;/h9-10,12-13,15-16,21-22,24-25,31-33,35,39H,7-8,11,14,17-20,23,26-30H2,1-6H3,(H3,54,55,56,57,58,59,60);/q;+2/p-2/b10-9+,13-12+,16-15+,22-21+,25-24+;/t35-,39-;/m0./s1. The first-order valence-corrected chi connectivity index (χ1v) is 22.6. The van der Waals surface area contributed by atoms with Gasteiger partial charge in [-0.05, 0) is 132 Å². The number of unbranched alkanes of at least 4 members (excludes halogenated alkanes) is 3. The Kier molecular flexibility index (Phi) is 18.1. The zero-order chi connectivity index (χ0) is 44.2. The second-order valence-corrected chi connectivity index (χ2v) is 16.6. The van der Waals surface area contributed by atoms with Crippen molar-refractivity contribution >= 4 is 46.5 Å². The van der Waals surface area contributed by atoms with Crippen LogP contribution in [-0.4, -0.2) is 34.2 Å². The van der Waals surface area contributed by atoms with Crippen molar-refractivity contribution < 1.29 is 41.0 Å². The molecule has 0 fully saturated rings. The van der Waals surface area contributed by atoms with Gasteiger partial charge in [0, 0.05) is 41.7 Å². The van der Waals surface area contributed by atoms with E-state index in [-0.39, 0.29) is 59.3 Å². The second kappa shape index (κ2) is 23.4. The Morgan fingerprint density at radius 3 is 2.08 bits per heavy atom. The molecule has 1 aromatic rings. The zero-order valence-electron chi connectivity index (χ0n) is 37.7. The van der Waals surface area contributed by atoms with Crippen molar-refractivity contribution in [2.24, 2.45) is 26.8 Å². The summed E-state index contributed by atoms with van der Waals surface area (Å²) in [6.07, 6.45) is 38.1. The maximum Gasteiger partial charge on any atom is 2.00 e. The van der Waals surface area contributed by atoms with Crippen molar-refractivity contribution in [1.29, 1.82) is 0 Å². The summed E-state index contributed by atoms with van der Waals surface area (Å²) in [6, 6.07) is 0. The fourth-order valence-corrected chi connectivity index (χ4v) is 8.59.